The summed E-state index contributed by atoms with van der Waals surface area (Å²) in [4.78, 5) is 14.5. The van der Waals surface area contributed by atoms with E-state index in [9.17, 15) is 4.79 Å². The van der Waals surface area contributed by atoms with Crippen LogP contribution in [0.2, 0.25) is 0 Å². The Morgan fingerprint density at radius 1 is 1.65 bits per heavy atom. The molecule has 1 aliphatic rings. The second-order valence-electron chi connectivity index (χ2n) is 4.43. The zero-order valence-electron chi connectivity index (χ0n) is 9.88. The molecule has 1 amide bonds. The number of aromatic nitrogens is 2. The fourth-order valence-corrected chi connectivity index (χ4v) is 2.77. The predicted molar refractivity (Wildman–Crippen MR) is 63.7 cm³/mol. The van der Waals surface area contributed by atoms with E-state index < -0.39 is 0 Å². The normalized spacial score (nSPS) is 19.6. The van der Waals surface area contributed by atoms with Crippen LogP contribution in [-0.2, 0) is 0 Å². The molecule has 0 aliphatic carbocycles. The Bertz CT molecular complexity index is 462. The van der Waals surface area contributed by atoms with Gasteiger partial charge in [0.1, 0.15) is 10.9 Å². The van der Waals surface area contributed by atoms with E-state index in [0.717, 1.165) is 30.1 Å². The first-order valence-electron chi connectivity index (χ1n) is 5.68. The largest absolute Gasteiger partial charge is 0.322 e. The molecule has 1 saturated heterocycles. The Morgan fingerprint density at radius 2 is 2.41 bits per heavy atom. The molecule has 0 aromatic carbocycles. The minimum Gasteiger partial charge on any atom is -0.322 e. The summed E-state index contributed by atoms with van der Waals surface area (Å²) in [5.41, 5.74) is 0.739. The third-order valence-electron chi connectivity index (χ3n) is 2.92. The number of nitriles is 1. The fourth-order valence-electron chi connectivity index (χ4n) is 2.00. The molecule has 1 aromatic heterocycles. The van der Waals surface area contributed by atoms with Crippen molar-refractivity contribution in [3.63, 3.8) is 0 Å². The Labute approximate surface area is 104 Å². The summed E-state index contributed by atoms with van der Waals surface area (Å²) in [6.07, 6.45) is 1.67. The Balaban J connectivity index is 2.25. The SMILES string of the molecule is CC(C)c1nnsc1C(=O)N1CCCC1C#N. The van der Waals surface area contributed by atoms with Gasteiger partial charge >= 0.3 is 0 Å². The van der Waals surface area contributed by atoms with Gasteiger partial charge in [0.05, 0.1) is 11.8 Å². The van der Waals surface area contributed by atoms with E-state index in [1.54, 1.807) is 4.90 Å². The van der Waals surface area contributed by atoms with Gasteiger partial charge in [0, 0.05) is 6.54 Å². The molecule has 0 saturated carbocycles. The maximum absolute atomic E-state index is 12.3. The van der Waals surface area contributed by atoms with E-state index in [-0.39, 0.29) is 17.9 Å². The van der Waals surface area contributed by atoms with Gasteiger partial charge in [0.15, 0.2) is 0 Å². The zero-order valence-corrected chi connectivity index (χ0v) is 10.7. The summed E-state index contributed by atoms with van der Waals surface area (Å²) in [7, 11) is 0. The lowest BCUT2D eigenvalue weighted by atomic mass is 10.1. The van der Waals surface area contributed by atoms with Crippen molar-refractivity contribution < 1.29 is 4.79 Å². The first-order chi connectivity index (χ1) is 8.15. The third kappa shape index (κ3) is 2.15. The van der Waals surface area contributed by atoms with Crippen molar-refractivity contribution in [1.29, 1.82) is 5.26 Å². The van der Waals surface area contributed by atoms with Crippen LogP contribution in [0.3, 0.4) is 0 Å². The average molecular weight is 250 g/mol. The molecular formula is C11H14N4OS. The number of carbonyl (C=O) groups is 1. The molecule has 17 heavy (non-hydrogen) atoms. The predicted octanol–water partition coefficient (Wildman–Crippen LogP) is 1.79. The highest BCUT2D eigenvalue weighted by Gasteiger charge is 2.32. The van der Waals surface area contributed by atoms with Crippen molar-refractivity contribution in [3.8, 4) is 6.07 Å². The van der Waals surface area contributed by atoms with Crippen LogP contribution in [0.5, 0.6) is 0 Å². The number of likely N-dealkylation sites (tertiary alicyclic amines) is 1. The third-order valence-corrected chi connectivity index (χ3v) is 3.65. The number of hydrogen-bond donors (Lipinski definition) is 0. The van der Waals surface area contributed by atoms with Gasteiger partial charge in [0.2, 0.25) is 0 Å². The molecule has 1 fully saturated rings. The topological polar surface area (TPSA) is 69.9 Å². The van der Waals surface area contributed by atoms with Crippen LogP contribution in [0.1, 0.15) is 48.0 Å². The molecule has 0 bridgehead atoms. The van der Waals surface area contributed by atoms with Crippen molar-refractivity contribution in [2.45, 2.75) is 38.6 Å². The van der Waals surface area contributed by atoms with Crippen LogP contribution < -0.4 is 0 Å². The Morgan fingerprint density at radius 3 is 3.06 bits per heavy atom. The number of nitrogens with zero attached hydrogens (tertiary/aromatic N) is 4. The van der Waals surface area contributed by atoms with Crippen LogP contribution in [-0.4, -0.2) is 33.0 Å². The van der Waals surface area contributed by atoms with Crippen molar-refractivity contribution in [3.05, 3.63) is 10.6 Å². The highest BCUT2D eigenvalue weighted by molar-refractivity contribution is 7.08. The highest BCUT2D eigenvalue weighted by atomic mass is 32.1. The number of amides is 1. The van der Waals surface area contributed by atoms with Gasteiger partial charge in [0.25, 0.3) is 5.91 Å². The van der Waals surface area contributed by atoms with Crippen molar-refractivity contribution >= 4 is 17.4 Å². The Hall–Kier alpha value is -1.48. The van der Waals surface area contributed by atoms with Gasteiger partial charge in [-0.2, -0.15) is 5.26 Å². The summed E-state index contributed by atoms with van der Waals surface area (Å²) in [5, 5.41) is 13.0. The van der Waals surface area contributed by atoms with Gasteiger partial charge in [-0.05, 0) is 30.3 Å². The van der Waals surface area contributed by atoms with Crippen molar-refractivity contribution in [2.24, 2.45) is 0 Å². The number of carbonyl (C=O) groups excluding carboxylic acids is 1. The van der Waals surface area contributed by atoms with Crippen LogP contribution >= 0.6 is 11.5 Å². The zero-order chi connectivity index (χ0) is 12.4. The van der Waals surface area contributed by atoms with Crippen LogP contribution in [0.15, 0.2) is 0 Å². The fraction of sp³-hybridized carbons (Fsp3) is 0.636. The molecule has 0 radical (unpaired) electrons. The van der Waals surface area contributed by atoms with Crippen LogP contribution in [0, 0.1) is 11.3 Å². The summed E-state index contributed by atoms with van der Waals surface area (Å²) >= 11 is 1.12. The molecule has 0 N–H and O–H groups in total. The van der Waals surface area contributed by atoms with Gasteiger partial charge in [-0.15, -0.1) is 5.10 Å². The Kier molecular flexibility index (Phi) is 3.38. The standard InChI is InChI=1S/C11H14N4OS/c1-7(2)9-10(17-14-13-9)11(16)15-5-3-4-8(15)6-12/h7-8H,3-5H2,1-2H3. The summed E-state index contributed by atoms with van der Waals surface area (Å²) in [6, 6.07) is 1.89. The molecule has 5 nitrogen and oxygen atoms in total. The first-order valence-corrected chi connectivity index (χ1v) is 6.45. The molecule has 90 valence electrons. The van der Waals surface area contributed by atoms with Gasteiger partial charge in [-0.25, -0.2) is 0 Å². The molecule has 2 heterocycles. The first kappa shape index (κ1) is 12.0. The molecule has 0 spiro atoms. The van der Waals surface area contributed by atoms with Gasteiger partial charge < -0.3 is 4.90 Å². The lowest BCUT2D eigenvalue weighted by Crippen LogP contribution is -2.34. The highest BCUT2D eigenvalue weighted by Crippen LogP contribution is 2.25. The van der Waals surface area contributed by atoms with Crippen LogP contribution in [0.4, 0.5) is 0 Å². The summed E-state index contributed by atoms with van der Waals surface area (Å²) in [5.74, 6) is 0.0867. The lowest BCUT2D eigenvalue weighted by molar-refractivity contribution is 0.0768. The van der Waals surface area contributed by atoms with Crippen molar-refractivity contribution in [1.82, 2.24) is 14.5 Å². The maximum atomic E-state index is 12.3. The molecule has 1 aliphatic heterocycles. The monoisotopic (exact) mass is 250 g/mol. The molecule has 2 rings (SSSR count). The quantitative estimate of drug-likeness (QED) is 0.802. The number of rotatable bonds is 2. The molecular weight excluding hydrogens is 236 g/mol. The maximum Gasteiger partial charge on any atom is 0.268 e. The molecule has 1 atom stereocenters. The molecule has 1 unspecified atom stereocenters. The smallest absolute Gasteiger partial charge is 0.268 e. The average Bonchev–Trinajstić information content (AvgIpc) is 2.96. The number of hydrogen-bond acceptors (Lipinski definition) is 5. The summed E-state index contributed by atoms with van der Waals surface area (Å²) in [6.45, 7) is 4.63. The van der Waals surface area contributed by atoms with E-state index in [2.05, 4.69) is 15.7 Å². The van der Waals surface area contributed by atoms with E-state index in [0.29, 0.717) is 11.4 Å². The molecule has 1 aromatic rings. The second-order valence-corrected chi connectivity index (χ2v) is 5.18. The van der Waals surface area contributed by atoms with E-state index in [1.165, 1.54) is 0 Å². The van der Waals surface area contributed by atoms with E-state index in [1.807, 2.05) is 13.8 Å². The minimum atomic E-state index is -0.287. The minimum absolute atomic E-state index is 0.0900. The van der Waals surface area contributed by atoms with Gasteiger partial charge in [-0.1, -0.05) is 18.3 Å². The second kappa shape index (κ2) is 4.80. The van der Waals surface area contributed by atoms with E-state index >= 15 is 0 Å². The van der Waals surface area contributed by atoms with Crippen LogP contribution in [0.25, 0.3) is 0 Å². The lowest BCUT2D eigenvalue weighted by Gasteiger charge is -2.18. The summed E-state index contributed by atoms with van der Waals surface area (Å²) < 4.78 is 3.85. The molecule has 6 heteroatoms. The van der Waals surface area contributed by atoms with Gasteiger partial charge in [-0.3, -0.25) is 4.79 Å². The van der Waals surface area contributed by atoms with Crippen molar-refractivity contribution in [2.75, 3.05) is 6.54 Å². The van der Waals surface area contributed by atoms with E-state index in [4.69, 9.17) is 5.26 Å².